The minimum atomic E-state index is 0.250. The zero-order chi connectivity index (χ0) is 23.3. The number of aromatic nitrogens is 4. The van der Waals surface area contributed by atoms with Crippen LogP contribution in [0, 0.1) is 0 Å². The number of hydrogen-bond acceptors (Lipinski definition) is 9. The zero-order valence-corrected chi connectivity index (χ0v) is 19.7. The second-order valence-electron chi connectivity index (χ2n) is 8.70. The van der Waals surface area contributed by atoms with Gasteiger partial charge in [0, 0.05) is 43.0 Å². The molecule has 3 N–H and O–H groups in total. The lowest BCUT2D eigenvalue weighted by molar-refractivity contribution is 0.203. The molecule has 2 aliphatic rings. The van der Waals surface area contributed by atoms with Crippen LogP contribution in [0.1, 0.15) is 31.2 Å². The average Bonchev–Trinajstić information content (AvgIpc) is 3.37. The molecule has 1 saturated heterocycles. The van der Waals surface area contributed by atoms with E-state index < -0.39 is 0 Å². The Morgan fingerprint density at radius 1 is 1.12 bits per heavy atom. The van der Waals surface area contributed by atoms with E-state index in [1.165, 1.54) is 32.4 Å². The van der Waals surface area contributed by atoms with Crippen LogP contribution in [0.5, 0.6) is 11.5 Å². The number of fused-ring (bicyclic) bond motifs is 3. The van der Waals surface area contributed by atoms with E-state index in [9.17, 15) is 0 Å². The van der Waals surface area contributed by atoms with Crippen molar-refractivity contribution in [3.05, 3.63) is 35.7 Å². The largest absolute Gasteiger partial charge is 0.491 e. The third-order valence-corrected chi connectivity index (χ3v) is 6.36. The van der Waals surface area contributed by atoms with Crippen molar-refractivity contribution in [2.75, 3.05) is 50.9 Å². The van der Waals surface area contributed by atoms with Crippen LogP contribution in [-0.2, 0) is 13.1 Å². The van der Waals surface area contributed by atoms with Gasteiger partial charge in [-0.3, -0.25) is 4.57 Å². The molecule has 2 aromatic heterocycles. The standard InChI is InChI=1S/C24H32N8O2/c1-33-21-19(34-13-5-11-31-9-3-2-4-10-31)7-6-18-20(21)30-24(32-12-8-26-22(18)32)29-16-17-14-27-23(25)28-15-17/h6-7,14-15,26H,2-5,8-13,16H2,1H3,(H2,25,27,28)/b29-24+. The Morgan fingerprint density at radius 3 is 2.74 bits per heavy atom. The highest BCUT2D eigenvalue weighted by Gasteiger charge is 2.20. The van der Waals surface area contributed by atoms with Gasteiger partial charge in [0.2, 0.25) is 11.6 Å². The number of hydrogen-bond donors (Lipinski definition) is 2. The molecular weight excluding hydrogens is 432 g/mol. The van der Waals surface area contributed by atoms with Crippen molar-refractivity contribution in [2.45, 2.75) is 38.8 Å². The summed E-state index contributed by atoms with van der Waals surface area (Å²) in [5, 5.41) is 4.46. The lowest BCUT2D eigenvalue weighted by Gasteiger charge is -2.26. The molecule has 0 bridgehead atoms. The molecule has 0 saturated carbocycles. The molecule has 3 aromatic rings. The summed E-state index contributed by atoms with van der Waals surface area (Å²) < 4.78 is 14.0. The highest BCUT2D eigenvalue weighted by Crippen LogP contribution is 2.37. The molecule has 34 heavy (non-hydrogen) atoms. The van der Waals surface area contributed by atoms with Gasteiger partial charge in [-0.15, -0.1) is 0 Å². The fourth-order valence-corrected chi connectivity index (χ4v) is 4.64. The first-order valence-electron chi connectivity index (χ1n) is 12.0. The molecule has 0 aliphatic carbocycles. The molecule has 0 amide bonds. The summed E-state index contributed by atoms with van der Waals surface area (Å²) in [4.78, 5) is 20.3. The SMILES string of the molecule is COc1c(OCCCN2CCCCC2)ccc2c3n(/c(=N/Cc4cnc(N)nc4)nc12)CCN3. The third-order valence-electron chi connectivity index (χ3n) is 6.36. The van der Waals surface area contributed by atoms with Crippen molar-refractivity contribution < 1.29 is 9.47 Å². The van der Waals surface area contributed by atoms with Crippen LogP contribution in [0.3, 0.4) is 0 Å². The van der Waals surface area contributed by atoms with Crippen LogP contribution >= 0.6 is 0 Å². The Hall–Kier alpha value is -3.40. The zero-order valence-electron chi connectivity index (χ0n) is 19.7. The molecule has 5 rings (SSSR count). The maximum atomic E-state index is 6.15. The number of rotatable bonds is 8. The summed E-state index contributed by atoms with van der Waals surface area (Å²) in [6, 6.07) is 4.03. The normalized spacial score (nSPS) is 16.4. The maximum Gasteiger partial charge on any atom is 0.227 e. The number of likely N-dealkylation sites (tertiary alicyclic amines) is 1. The van der Waals surface area contributed by atoms with Gasteiger partial charge in [0.05, 0.1) is 20.3 Å². The smallest absolute Gasteiger partial charge is 0.227 e. The molecule has 10 nitrogen and oxygen atoms in total. The van der Waals surface area contributed by atoms with Crippen molar-refractivity contribution in [2.24, 2.45) is 4.99 Å². The van der Waals surface area contributed by atoms with Crippen LogP contribution in [0.2, 0.25) is 0 Å². The fourth-order valence-electron chi connectivity index (χ4n) is 4.64. The Bertz CT molecular complexity index is 1200. The minimum absolute atomic E-state index is 0.250. The molecular formula is C24H32N8O2. The van der Waals surface area contributed by atoms with Crippen LogP contribution in [-0.4, -0.2) is 64.3 Å². The summed E-state index contributed by atoms with van der Waals surface area (Å²) in [6.45, 7) is 6.15. The molecule has 10 heteroatoms. The molecule has 180 valence electrons. The van der Waals surface area contributed by atoms with Crippen LogP contribution in [0.25, 0.3) is 10.9 Å². The van der Waals surface area contributed by atoms with Crippen LogP contribution < -0.4 is 26.1 Å². The number of nitrogens with two attached hydrogens (primary N) is 1. The fraction of sp³-hybridized carbons (Fsp3) is 0.500. The van der Waals surface area contributed by atoms with Gasteiger partial charge in [0.15, 0.2) is 11.5 Å². The van der Waals surface area contributed by atoms with E-state index in [1.54, 1.807) is 19.5 Å². The number of benzene rings is 1. The summed E-state index contributed by atoms with van der Waals surface area (Å²) >= 11 is 0. The van der Waals surface area contributed by atoms with Gasteiger partial charge in [-0.05, 0) is 44.5 Å². The van der Waals surface area contributed by atoms with Gasteiger partial charge in [-0.1, -0.05) is 6.42 Å². The van der Waals surface area contributed by atoms with E-state index in [4.69, 9.17) is 25.2 Å². The highest BCUT2D eigenvalue weighted by atomic mass is 16.5. The van der Waals surface area contributed by atoms with E-state index in [0.29, 0.717) is 30.3 Å². The van der Waals surface area contributed by atoms with Crippen molar-refractivity contribution in [1.82, 2.24) is 24.4 Å². The number of ether oxygens (including phenoxy) is 2. The van der Waals surface area contributed by atoms with Crippen LogP contribution in [0.15, 0.2) is 29.5 Å². The predicted octanol–water partition coefficient (Wildman–Crippen LogP) is 2.20. The average molecular weight is 465 g/mol. The summed E-state index contributed by atoms with van der Waals surface area (Å²) in [5.74, 6) is 2.59. The van der Waals surface area contributed by atoms with Gasteiger partial charge in [-0.2, -0.15) is 0 Å². The molecule has 4 heterocycles. The quantitative estimate of drug-likeness (QED) is 0.488. The first-order chi connectivity index (χ1) is 16.7. The van der Waals surface area contributed by atoms with Gasteiger partial charge < -0.3 is 25.4 Å². The van der Waals surface area contributed by atoms with Gasteiger partial charge in [0.25, 0.3) is 0 Å². The van der Waals surface area contributed by atoms with Crippen LogP contribution in [0.4, 0.5) is 11.8 Å². The monoisotopic (exact) mass is 464 g/mol. The van der Waals surface area contributed by atoms with Crippen molar-refractivity contribution in [3.63, 3.8) is 0 Å². The Kier molecular flexibility index (Phi) is 6.75. The van der Waals surface area contributed by atoms with E-state index in [0.717, 1.165) is 48.3 Å². The van der Waals surface area contributed by atoms with Gasteiger partial charge in [0.1, 0.15) is 11.3 Å². The first kappa shape index (κ1) is 22.4. The Labute approximate surface area is 198 Å². The second-order valence-corrected chi connectivity index (χ2v) is 8.70. The van der Waals surface area contributed by atoms with E-state index >= 15 is 0 Å². The summed E-state index contributed by atoms with van der Waals surface area (Å²) in [5.41, 5.74) is 7.83. The van der Waals surface area contributed by atoms with E-state index in [-0.39, 0.29) is 5.95 Å². The van der Waals surface area contributed by atoms with Crippen molar-refractivity contribution in [3.8, 4) is 11.5 Å². The number of anilines is 2. The molecule has 2 aliphatic heterocycles. The van der Waals surface area contributed by atoms with Crippen molar-refractivity contribution >= 4 is 22.7 Å². The number of piperidine rings is 1. The molecule has 0 unspecified atom stereocenters. The number of nitrogens with one attached hydrogen (secondary N) is 1. The number of nitrogens with zero attached hydrogens (tertiary/aromatic N) is 6. The number of nitrogen functional groups attached to an aromatic ring is 1. The third kappa shape index (κ3) is 4.77. The number of methoxy groups -OCH3 is 1. The summed E-state index contributed by atoms with van der Waals surface area (Å²) in [7, 11) is 1.66. The predicted molar refractivity (Wildman–Crippen MR) is 131 cm³/mol. The Morgan fingerprint density at radius 2 is 1.94 bits per heavy atom. The van der Waals surface area contributed by atoms with Gasteiger partial charge >= 0.3 is 0 Å². The second kappa shape index (κ2) is 10.3. The van der Waals surface area contributed by atoms with Gasteiger partial charge in [-0.25, -0.2) is 19.9 Å². The highest BCUT2D eigenvalue weighted by molar-refractivity contribution is 5.95. The Balaban J connectivity index is 1.40. The molecule has 1 aromatic carbocycles. The topological polar surface area (TPSA) is 116 Å². The maximum absolute atomic E-state index is 6.15. The molecule has 0 spiro atoms. The molecule has 1 fully saturated rings. The van der Waals surface area contributed by atoms with Crippen molar-refractivity contribution in [1.29, 1.82) is 0 Å². The minimum Gasteiger partial charge on any atom is -0.491 e. The summed E-state index contributed by atoms with van der Waals surface area (Å²) in [6.07, 6.45) is 8.33. The lowest BCUT2D eigenvalue weighted by atomic mass is 10.1. The first-order valence-corrected chi connectivity index (χ1v) is 12.0. The van der Waals surface area contributed by atoms with E-state index in [2.05, 4.69) is 24.8 Å². The molecule has 0 radical (unpaired) electrons. The van der Waals surface area contributed by atoms with E-state index in [1.807, 2.05) is 12.1 Å². The lowest BCUT2D eigenvalue weighted by Crippen LogP contribution is -2.31. The molecule has 0 atom stereocenters.